The summed E-state index contributed by atoms with van der Waals surface area (Å²) in [6.45, 7) is 0.0661. The molecule has 2 aliphatic heterocycles. The fourth-order valence-corrected chi connectivity index (χ4v) is 7.30. The summed E-state index contributed by atoms with van der Waals surface area (Å²) in [4.78, 5) is 49.6. The lowest BCUT2D eigenvalue weighted by molar-refractivity contribution is 0.0497. The van der Waals surface area contributed by atoms with Gasteiger partial charge in [0.2, 0.25) is 0 Å². The molecule has 6 rings (SSSR count). The van der Waals surface area contributed by atoms with Crippen molar-refractivity contribution in [2.24, 2.45) is 0 Å². The number of nitrogens with zero attached hydrogens (tertiary/aromatic N) is 4. The van der Waals surface area contributed by atoms with Crippen LogP contribution in [0.4, 0.5) is 0 Å². The second kappa shape index (κ2) is 11.5. The van der Waals surface area contributed by atoms with Gasteiger partial charge in [0.1, 0.15) is 0 Å². The number of para-hydroxylation sites is 2. The highest BCUT2D eigenvalue weighted by Gasteiger charge is 2.44. The third-order valence-electron chi connectivity index (χ3n) is 9.14. The van der Waals surface area contributed by atoms with Crippen molar-refractivity contribution in [2.45, 2.75) is 101 Å². The Bertz CT molecular complexity index is 1430. The van der Waals surface area contributed by atoms with Crippen LogP contribution in [0.25, 0.3) is 11.0 Å². The van der Waals surface area contributed by atoms with Crippen LogP contribution in [0.1, 0.15) is 103 Å². The molecule has 1 unspecified atom stereocenters. The summed E-state index contributed by atoms with van der Waals surface area (Å²) in [7, 11) is 0. The summed E-state index contributed by atoms with van der Waals surface area (Å²) in [5.41, 5.74) is 1.51. The molecule has 2 saturated heterocycles. The fraction of sp³-hybridized carbons (Fsp3) is 0.516. The van der Waals surface area contributed by atoms with Crippen LogP contribution in [0.5, 0.6) is 0 Å². The number of hydrogen-bond acceptors (Lipinski definition) is 6. The Morgan fingerprint density at radius 1 is 0.875 bits per heavy atom. The second-order valence-electron chi connectivity index (χ2n) is 11.6. The highest BCUT2D eigenvalue weighted by Crippen LogP contribution is 2.44. The largest absolute Gasteiger partial charge is 0.478 e. The van der Waals surface area contributed by atoms with Crippen molar-refractivity contribution in [1.82, 2.24) is 24.8 Å². The third-order valence-corrected chi connectivity index (χ3v) is 9.14. The molecule has 9 nitrogen and oxygen atoms in total. The summed E-state index contributed by atoms with van der Waals surface area (Å²) in [5.74, 6) is -1.61. The molecule has 2 bridgehead atoms. The molecule has 3 aliphatic rings. The van der Waals surface area contributed by atoms with Crippen molar-refractivity contribution in [1.29, 1.82) is 0 Å². The SMILES string of the molecule is O=C(O)c1ccc(CNC(=O)c2nc3ccccc3n(C3C[C@H]4CC[C@@H](C3)N4C3CCCCCCC3)c2=O)nc1. The van der Waals surface area contributed by atoms with Gasteiger partial charge in [-0.15, -0.1) is 0 Å². The summed E-state index contributed by atoms with van der Waals surface area (Å²) in [6, 6.07) is 12.2. The minimum atomic E-state index is -1.06. The van der Waals surface area contributed by atoms with Crippen molar-refractivity contribution in [3.63, 3.8) is 0 Å². The molecule has 0 spiro atoms. The summed E-state index contributed by atoms with van der Waals surface area (Å²) in [6.07, 6.45) is 14.7. The van der Waals surface area contributed by atoms with E-state index in [1.165, 1.54) is 70.1 Å². The van der Waals surface area contributed by atoms with Crippen LogP contribution in [0.3, 0.4) is 0 Å². The molecular weight excluding hydrogens is 506 g/mol. The maximum atomic E-state index is 13.9. The summed E-state index contributed by atoms with van der Waals surface area (Å²) >= 11 is 0. The zero-order chi connectivity index (χ0) is 27.6. The van der Waals surface area contributed by atoms with Crippen LogP contribution < -0.4 is 10.9 Å². The van der Waals surface area contributed by atoms with Crippen molar-refractivity contribution >= 4 is 22.9 Å². The quantitative estimate of drug-likeness (QED) is 0.463. The van der Waals surface area contributed by atoms with E-state index < -0.39 is 11.9 Å². The molecule has 0 radical (unpaired) electrons. The number of nitrogens with one attached hydrogen (secondary N) is 1. The molecule has 1 saturated carbocycles. The number of amides is 1. The molecule has 1 amide bonds. The van der Waals surface area contributed by atoms with Gasteiger partial charge in [-0.2, -0.15) is 0 Å². The smallest absolute Gasteiger partial charge is 0.337 e. The number of carbonyl (C=O) groups is 2. The van der Waals surface area contributed by atoms with Gasteiger partial charge in [0.15, 0.2) is 5.69 Å². The van der Waals surface area contributed by atoms with Gasteiger partial charge < -0.3 is 15.0 Å². The lowest BCUT2D eigenvalue weighted by atomic mass is 9.89. The molecule has 3 fully saturated rings. The molecule has 2 aromatic heterocycles. The Balaban J connectivity index is 1.25. The second-order valence-corrected chi connectivity index (χ2v) is 11.6. The number of carboxylic acids is 1. The first kappa shape index (κ1) is 26.6. The maximum Gasteiger partial charge on any atom is 0.337 e. The number of carbonyl (C=O) groups excluding carboxylic acids is 1. The van der Waals surface area contributed by atoms with Crippen molar-refractivity contribution in [3.8, 4) is 0 Å². The third kappa shape index (κ3) is 5.27. The van der Waals surface area contributed by atoms with E-state index in [1.807, 2.05) is 28.8 Å². The molecule has 1 aliphatic carbocycles. The molecular formula is C31H37N5O4. The first-order chi connectivity index (χ1) is 19.5. The van der Waals surface area contributed by atoms with Crippen LogP contribution in [-0.2, 0) is 6.54 Å². The Morgan fingerprint density at radius 3 is 2.25 bits per heavy atom. The summed E-state index contributed by atoms with van der Waals surface area (Å²) in [5, 5.41) is 11.8. The topological polar surface area (TPSA) is 117 Å². The fourth-order valence-electron chi connectivity index (χ4n) is 7.30. The number of carboxylic acid groups (broad SMARTS) is 1. The monoisotopic (exact) mass is 543 g/mol. The highest BCUT2D eigenvalue weighted by molar-refractivity contribution is 5.93. The van der Waals surface area contributed by atoms with Crippen LogP contribution in [0.15, 0.2) is 47.4 Å². The molecule has 4 heterocycles. The van der Waals surface area contributed by atoms with Crippen LogP contribution in [0.2, 0.25) is 0 Å². The molecule has 3 aromatic rings. The maximum absolute atomic E-state index is 13.9. The van der Waals surface area contributed by atoms with Gasteiger partial charge in [-0.25, -0.2) is 9.78 Å². The molecule has 40 heavy (non-hydrogen) atoms. The summed E-state index contributed by atoms with van der Waals surface area (Å²) < 4.78 is 1.85. The van der Waals surface area contributed by atoms with Gasteiger partial charge in [0.25, 0.3) is 11.5 Å². The van der Waals surface area contributed by atoms with Crippen LogP contribution >= 0.6 is 0 Å². The van der Waals surface area contributed by atoms with E-state index in [9.17, 15) is 14.4 Å². The van der Waals surface area contributed by atoms with Crippen LogP contribution in [0, 0.1) is 0 Å². The zero-order valence-electron chi connectivity index (χ0n) is 22.8. The Hall–Kier alpha value is -3.59. The molecule has 2 N–H and O–H groups in total. The number of benzene rings is 1. The average Bonchev–Trinajstić information content (AvgIpc) is 3.20. The standard InChI is InChI=1S/C31H37N5O4/c37-29(33-19-21-13-12-20(18-32-21)31(39)40)28-30(38)36(27-11-7-6-10-26(27)34-28)25-16-23-14-15-24(17-25)35(23)22-8-4-2-1-3-5-9-22/h6-7,10-13,18,22-25H,1-5,8-9,14-17,19H2,(H,33,37)(H,39,40)/t23-,24+,25?. The predicted octanol–water partition coefficient (Wildman–Crippen LogP) is 4.70. The zero-order valence-corrected chi connectivity index (χ0v) is 22.8. The van der Waals surface area contributed by atoms with Crippen molar-refractivity contribution in [2.75, 3.05) is 0 Å². The molecule has 9 heteroatoms. The first-order valence-corrected chi connectivity index (χ1v) is 14.7. The van der Waals surface area contributed by atoms with E-state index in [-0.39, 0.29) is 29.4 Å². The average molecular weight is 544 g/mol. The molecule has 3 atom stereocenters. The number of hydrogen-bond donors (Lipinski definition) is 2. The Labute approximate surface area is 233 Å². The first-order valence-electron chi connectivity index (χ1n) is 14.7. The minimum Gasteiger partial charge on any atom is -0.478 e. The number of aromatic carboxylic acids is 1. The Kier molecular flexibility index (Phi) is 7.65. The van der Waals surface area contributed by atoms with Gasteiger partial charge in [-0.05, 0) is 62.8 Å². The molecule has 210 valence electrons. The van der Waals surface area contributed by atoms with Gasteiger partial charge >= 0.3 is 5.97 Å². The van der Waals surface area contributed by atoms with Gasteiger partial charge in [0, 0.05) is 30.4 Å². The lowest BCUT2D eigenvalue weighted by Gasteiger charge is -2.45. The van der Waals surface area contributed by atoms with E-state index in [0.29, 0.717) is 29.3 Å². The Morgan fingerprint density at radius 2 is 1.57 bits per heavy atom. The van der Waals surface area contributed by atoms with Crippen molar-refractivity contribution < 1.29 is 14.7 Å². The van der Waals surface area contributed by atoms with Gasteiger partial charge in [0.05, 0.1) is 28.8 Å². The number of pyridine rings is 1. The van der Waals surface area contributed by atoms with E-state index in [4.69, 9.17) is 5.11 Å². The van der Waals surface area contributed by atoms with Crippen molar-refractivity contribution in [3.05, 3.63) is 69.9 Å². The predicted molar refractivity (Wildman–Crippen MR) is 151 cm³/mol. The highest BCUT2D eigenvalue weighted by atomic mass is 16.4. The van der Waals surface area contributed by atoms with E-state index >= 15 is 0 Å². The molecule has 1 aromatic carbocycles. The van der Waals surface area contributed by atoms with E-state index in [2.05, 4.69) is 20.2 Å². The number of piperidine rings is 1. The van der Waals surface area contributed by atoms with Crippen LogP contribution in [-0.4, -0.2) is 54.5 Å². The minimum absolute atomic E-state index is 0.0273. The van der Waals surface area contributed by atoms with E-state index in [1.54, 1.807) is 6.07 Å². The number of fused-ring (bicyclic) bond motifs is 3. The number of rotatable bonds is 6. The lowest BCUT2D eigenvalue weighted by Crippen LogP contribution is -2.50. The van der Waals surface area contributed by atoms with Gasteiger partial charge in [-0.3, -0.25) is 19.5 Å². The normalized spacial score (nSPS) is 23.9. The van der Waals surface area contributed by atoms with E-state index in [0.717, 1.165) is 18.4 Å². The van der Waals surface area contributed by atoms with Gasteiger partial charge in [-0.1, -0.05) is 44.2 Å². The number of aromatic nitrogens is 3.